The molecule has 2 N–H and O–H groups in total. The van der Waals surface area contributed by atoms with Gasteiger partial charge in [-0.05, 0) is 50.1 Å². The molecule has 5 aliphatic heterocycles. The second-order valence-electron chi connectivity index (χ2n) is 12.0. The van der Waals surface area contributed by atoms with E-state index < -0.39 is 11.4 Å². The molecule has 0 saturated carbocycles. The maximum atomic E-state index is 13.8. The summed E-state index contributed by atoms with van der Waals surface area (Å²) >= 11 is 0. The van der Waals surface area contributed by atoms with Crippen LogP contribution in [0.2, 0.25) is 0 Å². The van der Waals surface area contributed by atoms with Crippen molar-refractivity contribution in [1.29, 1.82) is 5.26 Å². The fourth-order valence-corrected chi connectivity index (χ4v) is 7.23. The highest BCUT2D eigenvalue weighted by molar-refractivity contribution is 6.10. The summed E-state index contributed by atoms with van der Waals surface area (Å²) in [5, 5.41) is 15.6. The summed E-state index contributed by atoms with van der Waals surface area (Å²) in [6.45, 7) is 9.52. The lowest BCUT2D eigenvalue weighted by molar-refractivity contribution is -0.129. The molecule has 41 heavy (non-hydrogen) atoms. The highest BCUT2D eigenvalue weighted by Crippen LogP contribution is 2.46. The number of aromatic nitrogens is 1. The Labute approximate surface area is 239 Å². The number of rotatable bonds is 6. The number of nitrogens with zero attached hydrogens (tertiary/aromatic N) is 5. The molecule has 1 atom stereocenters. The van der Waals surface area contributed by atoms with Crippen molar-refractivity contribution in [3.05, 3.63) is 53.2 Å². The number of nitrogens with one attached hydrogen (secondary N) is 2. The predicted octanol–water partition coefficient (Wildman–Crippen LogP) is 1.74. The van der Waals surface area contributed by atoms with Gasteiger partial charge in [0.1, 0.15) is 0 Å². The van der Waals surface area contributed by atoms with Crippen molar-refractivity contribution in [3.8, 4) is 11.9 Å². The Morgan fingerprint density at radius 2 is 1.93 bits per heavy atom. The number of likely N-dealkylation sites (tertiary alicyclic amines) is 3. The Bertz CT molecular complexity index is 1400. The molecule has 0 bridgehead atoms. The fourth-order valence-electron chi connectivity index (χ4n) is 7.23. The van der Waals surface area contributed by atoms with Gasteiger partial charge in [-0.25, -0.2) is 9.78 Å². The van der Waals surface area contributed by atoms with Crippen molar-refractivity contribution in [2.75, 3.05) is 64.4 Å². The second-order valence-corrected chi connectivity index (χ2v) is 12.0. The van der Waals surface area contributed by atoms with Crippen molar-refractivity contribution in [2.24, 2.45) is 5.41 Å². The van der Waals surface area contributed by atoms with Crippen LogP contribution in [-0.2, 0) is 15.1 Å². The molecular formula is C30H35N7O4. The van der Waals surface area contributed by atoms with E-state index in [-0.39, 0.29) is 17.3 Å². The number of carbonyl (C=O) groups excluding carboxylic acids is 2. The number of urea groups is 1. The highest BCUT2D eigenvalue weighted by Gasteiger charge is 2.57. The molecule has 4 fully saturated rings. The molecule has 7 rings (SSSR count). The number of nitriles is 1. The largest absolute Gasteiger partial charge is 0.478 e. The highest BCUT2D eigenvalue weighted by atomic mass is 16.5. The number of amides is 3. The first-order valence-electron chi connectivity index (χ1n) is 14.5. The summed E-state index contributed by atoms with van der Waals surface area (Å²) in [5.74, 6) is -0.138. The summed E-state index contributed by atoms with van der Waals surface area (Å²) < 4.78 is 11.2. The molecule has 0 radical (unpaired) electrons. The molecule has 11 nitrogen and oxygen atoms in total. The van der Waals surface area contributed by atoms with Crippen LogP contribution in [0, 0.1) is 16.7 Å². The molecule has 0 aliphatic carbocycles. The van der Waals surface area contributed by atoms with E-state index in [0.717, 1.165) is 39.4 Å². The third kappa shape index (κ3) is 4.24. The summed E-state index contributed by atoms with van der Waals surface area (Å²) in [4.78, 5) is 38.8. The van der Waals surface area contributed by atoms with Crippen molar-refractivity contribution >= 4 is 17.6 Å². The zero-order valence-corrected chi connectivity index (χ0v) is 23.3. The Morgan fingerprint density at radius 3 is 2.61 bits per heavy atom. The van der Waals surface area contributed by atoms with Crippen LogP contribution in [0.4, 0.5) is 10.5 Å². The molecule has 4 saturated heterocycles. The molecule has 3 amide bonds. The molecule has 1 unspecified atom stereocenters. The fraction of sp³-hybridized carbons (Fsp3) is 0.533. The number of fused-ring (bicyclic) bond motifs is 1. The van der Waals surface area contributed by atoms with Crippen molar-refractivity contribution < 1.29 is 19.1 Å². The van der Waals surface area contributed by atoms with Gasteiger partial charge in [0.15, 0.2) is 5.54 Å². The third-order valence-corrected chi connectivity index (χ3v) is 9.46. The van der Waals surface area contributed by atoms with Gasteiger partial charge in [0.2, 0.25) is 5.88 Å². The minimum Gasteiger partial charge on any atom is -0.478 e. The number of hydrogen-bond donors (Lipinski definition) is 2. The summed E-state index contributed by atoms with van der Waals surface area (Å²) in [6.07, 6.45) is 3.97. The van der Waals surface area contributed by atoms with Gasteiger partial charge in [-0.3, -0.25) is 14.6 Å². The van der Waals surface area contributed by atoms with Crippen molar-refractivity contribution in [3.63, 3.8) is 0 Å². The van der Waals surface area contributed by atoms with Crippen LogP contribution in [0.15, 0.2) is 36.5 Å². The molecule has 11 heteroatoms. The van der Waals surface area contributed by atoms with Crippen molar-refractivity contribution in [1.82, 2.24) is 25.0 Å². The normalized spacial score (nSPS) is 25.9. The molecular weight excluding hydrogens is 522 g/mol. The lowest BCUT2D eigenvalue weighted by atomic mass is 9.71. The molecule has 5 aliphatic rings. The number of piperidine rings is 1. The van der Waals surface area contributed by atoms with Gasteiger partial charge in [-0.15, -0.1) is 0 Å². The van der Waals surface area contributed by atoms with Gasteiger partial charge >= 0.3 is 6.03 Å². The van der Waals surface area contributed by atoms with Gasteiger partial charge in [0, 0.05) is 68.2 Å². The van der Waals surface area contributed by atoms with Gasteiger partial charge < -0.3 is 25.0 Å². The van der Waals surface area contributed by atoms with E-state index in [1.165, 1.54) is 12.8 Å². The quantitative estimate of drug-likeness (QED) is 0.551. The molecule has 1 aromatic heterocycles. The number of benzene rings is 1. The number of carbonyl (C=O) groups is 2. The van der Waals surface area contributed by atoms with E-state index in [9.17, 15) is 14.9 Å². The number of ether oxygens (including phenoxy) is 2. The summed E-state index contributed by atoms with van der Waals surface area (Å²) in [7, 11) is 0. The lowest BCUT2D eigenvalue weighted by Gasteiger charge is -2.62. The van der Waals surface area contributed by atoms with E-state index in [1.54, 1.807) is 41.4 Å². The molecule has 1 aromatic carbocycles. The maximum Gasteiger partial charge on any atom is 0.318 e. The number of pyridine rings is 1. The van der Waals surface area contributed by atoms with Crippen molar-refractivity contribution in [2.45, 2.75) is 37.4 Å². The van der Waals surface area contributed by atoms with Crippen LogP contribution in [0.1, 0.15) is 36.5 Å². The van der Waals surface area contributed by atoms with Crippen LogP contribution < -0.4 is 15.4 Å². The van der Waals surface area contributed by atoms with Crippen LogP contribution in [-0.4, -0.2) is 103 Å². The van der Waals surface area contributed by atoms with E-state index in [0.29, 0.717) is 54.2 Å². The molecule has 214 valence electrons. The first-order chi connectivity index (χ1) is 19.9. The smallest absolute Gasteiger partial charge is 0.318 e. The molecule has 1 spiro atoms. The van der Waals surface area contributed by atoms with Gasteiger partial charge in [0.25, 0.3) is 5.91 Å². The van der Waals surface area contributed by atoms with Gasteiger partial charge in [0.05, 0.1) is 43.1 Å². The standard InChI is InChI=1S/C30H35N7O4/c1-2-41-26-23(4-3-9-32-26)30(24-12-20(13-31)5-6-25(24)33-27(30)38)34-28(39)37-18-29(19-37)16-36(17-29)21-7-10-35(11-8-21)22-14-40-15-22/h3-6,9,12,21-22H,2,7-8,10-11,14-19H2,1H3,(H,33,38)(H,34,39). The van der Waals surface area contributed by atoms with E-state index in [1.807, 2.05) is 6.92 Å². The minimum absolute atomic E-state index is 0.123. The topological polar surface area (TPSA) is 123 Å². The summed E-state index contributed by atoms with van der Waals surface area (Å²) in [6, 6.07) is 11.5. The maximum absolute atomic E-state index is 13.8. The second kappa shape index (κ2) is 9.98. The van der Waals surface area contributed by atoms with Crippen LogP contribution in [0.25, 0.3) is 0 Å². The average molecular weight is 558 g/mol. The monoisotopic (exact) mass is 557 g/mol. The molecule has 6 heterocycles. The van der Waals surface area contributed by atoms with E-state index in [2.05, 4.69) is 31.5 Å². The minimum atomic E-state index is -1.58. The Balaban J connectivity index is 1.06. The Morgan fingerprint density at radius 1 is 1.15 bits per heavy atom. The van der Waals surface area contributed by atoms with Crippen LogP contribution in [0.5, 0.6) is 5.88 Å². The van der Waals surface area contributed by atoms with Gasteiger partial charge in [-0.2, -0.15) is 5.26 Å². The first-order valence-corrected chi connectivity index (χ1v) is 14.5. The number of hydrogen-bond acceptors (Lipinski definition) is 8. The van der Waals surface area contributed by atoms with Gasteiger partial charge in [-0.1, -0.05) is 0 Å². The van der Waals surface area contributed by atoms with E-state index >= 15 is 0 Å². The Hall–Kier alpha value is -3.72. The first kappa shape index (κ1) is 26.2. The SMILES string of the molecule is CCOc1ncccc1C1(NC(=O)N2CC3(C2)CN(C2CCN(C4COC4)CC2)C3)C(=O)Nc2ccc(C#N)cc21. The van der Waals surface area contributed by atoms with E-state index in [4.69, 9.17) is 9.47 Å². The lowest BCUT2D eigenvalue weighted by Crippen LogP contribution is -2.76. The Kier molecular flexibility index (Phi) is 6.37. The molecule has 2 aromatic rings. The average Bonchev–Trinajstić information content (AvgIpc) is 3.18. The zero-order chi connectivity index (χ0) is 28.2. The zero-order valence-electron chi connectivity index (χ0n) is 23.3. The van der Waals surface area contributed by atoms with Crippen LogP contribution >= 0.6 is 0 Å². The third-order valence-electron chi connectivity index (χ3n) is 9.46. The number of anilines is 1. The predicted molar refractivity (Wildman–Crippen MR) is 149 cm³/mol. The summed E-state index contributed by atoms with van der Waals surface area (Å²) in [5.41, 5.74) is 0.431. The van der Waals surface area contributed by atoms with Crippen LogP contribution in [0.3, 0.4) is 0 Å².